The Hall–Kier alpha value is -1.37. The van der Waals surface area contributed by atoms with E-state index >= 15 is 0 Å². The molecule has 0 aliphatic rings. The summed E-state index contributed by atoms with van der Waals surface area (Å²) >= 11 is 0. The number of hydrogen-bond acceptors (Lipinski definition) is 4. The summed E-state index contributed by atoms with van der Waals surface area (Å²) in [5, 5.41) is 0. The van der Waals surface area contributed by atoms with Gasteiger partial charge >= 0.3 is 6.18 Å². The lowest BCUT2D eigenvalue weighted by Crippen LogP contribution is -2.20. The second kappa shape index (κ2) is 4.65. The molecule has 0 fully saturated rings. The molecule has 0 amide bonds. The van der Waals surface area contributed by atoms with Gasteiger partial charge in [-0.3, -0.25) is 0 Å². The van der Waals surface area contributed by atoms with E-state index in [2.05, 4.69) is 9.97 Å². The maximum atomic E-state index is 12.3. The van der Waals surface area contributed by atoms with Crippen molar-refractivity contribution < 1.29 is 17.9 Å². The Kier molecular flexibility index (Phi) is 3.69. The zero-order valence-electron chi connectivity index (χ0n) is 8.88. The Morgan fingerprint density at radius 2 is 2.12 bits per heavy atom. The molecule has 0 aromatic carbocycles. The second-order valence-electron chi connectivity index (χ2n) is 3.41. The fraction of sp³-hybridized carbons (Fsp3) is 0.556. The molecule has 7 heteroatoms. The molecule has 1 rings (SSSR count). The van der Waals surface area contributed by atoms with Crippen LogP contribution < -0.4 is 10.5 Å². The Morgan fingerprint density at radius 3 is 2.56 bits per heavy atom. The Balaban J connectivity index is 3.07. The topological polar surface area (TPSA) is 61.0 Å². The van der Waals surface area contributed by atoms with Crippen molar-refractivity contribution in [1.29, 1.82) is 0 Å². The summed E-state index contributed by atoms with van der Waals surface area (Å²) in [5.74, 6) is -1.29. The van der Waals surface area contributed by atoms with Crippen LogP contribution in [0.3, 0.4) is 0 Å². The number of ether oxygens (including phenoxy) is 1. The Morgan fingerprint density at radius 1 is 1.50 bits per heavy atom. The molecule has 1 aromatic heterocycles. The van der Waals surface area contributed by atoms with E-state index in [1.807, 2.05) is 0 Å². The van der Waals surface area contributed by atoms with E-state index in [0.717, 1.165) is 6.20 Å². The highest BCUT2D eigenvalue weighted by molar-refractivity contribution is 5.25. The van der Waals surface area contributed by atoms with E-state index in [-0.39, 0.29) is 11.9 Å². The highest BCUT2D eigenvalue weighted by Crippen LogP contribution is 2.28. The molecule has 1 aromatic rings. The first-order valence-electron chi connectivity index (χ1n) is 4.57. The van der Waals surface area contributed by atoms with E-state index in [9.17, 15) is 13.2 Å². The van der Waals surface area contributed by atoms with Gasteiger partial charge in [0.2, 0.25) is 11.7 Å². The van der Waals surface area contributed by atoms with Crippen LogP contribution in [0.25, 0.3) is 0 Å². The highest BCUT2D eigenvalue weighted by atomic mass is 19.4. The quantitative estimate of drug-likeness (QED) is 0.860. The first kappa shape index (κ1) is 12.7. The van der Waals surface area contributed by atoms with Crippen LogP contribution in [0.4, 0.5) is 13.2 Å². The van der Waals surface area contributed by atoms with Gasteiger partial charge in [-0.15, -0.1) is 0 Å². The van der Waals surface area contributed by atoms with Crippen LogP contribution in [0.1, 0.15) is 18.3 Å². The van der Waals surface area contributed by atoms with Crippen LogP contribution in [-0.2, 0) is 12.6 Å². The maximum Gasteiger partial charge on any atom is 0.451 e. The summed E-state index contributed by atoms with van der Waals surface area (Å²) in [5.41, 5.74) is 6.00. The van der Waals surface area contributed by atoms with Crippen molar-refractivity contribution in [3.8, 4) is 5.88 Å². The zero-order chi connectivity index (χ0) is 12.3. The average molecular weight is 235 g/mol. The van der Waals surface area contributed by atoms with Gasteiger partial charge in [-0.05, 0) is 13.3 Å². The summed E-state index contributed by atoms with van der Waals surface area (Å²) in [6.07, 6.45) is -3.11. The molecular weight excluding hydrogens is 223 g/mol. The largest absolute Gasteiger partial charge is 0.481 e. The molecule has 1 atom stereocenters. The molecule has 0 aliphatic heterocycles. The summed E-state index contributed by atoms with van der Waals surface area (Å²) in [4.78, 5) is 6.54. The number of nitrogens with two attached hydrogens (primary N) is 1. The van der Waals surface area contributed by atoms with Crippen LogP contribution in [0.5, 0.6) is 5.88 Å². The molecule has 4 nitrogen and oxygen atoms in total. The zero-order valence-corrected chi connectivity index (χ0v) is 8.88. The Labute approximate surface area is 90.6 Å². The van der Waals surface area contributed by atoms with Gasteiger partial charge in [0.1, 0.15) is 0 Å². The van der Waals surface area contributed by atoms with E-state index in [4.69, 9.17) is 10.5 Å². The molecule has 16 heavy (non-hydrogen) atoms. The minimum atomic E-state index is -4.57. The summed E-state index contributed by atoms with van der Waals surface area (Å²) in [6, 6.07) is -0.200. The Bertz CT molecular complexity index is 366. The smallest absolute Gasteiger partial charge is 0.451 e. The van der Waals surface area contributed by atoms with Gasteiger partial charge in [-0.25, -0.2) is 4.98 Å². The predicted octanol–water partition coefficient (Wildman–Crippen LogP) is 1.39. The number of aromatic nitrogens is 2. The van der Waals surface area contributed by atoms with Gasteiger partial charge in [-0.2, -0.15) is 18.2 Å². The molecule has 0 saturated heterocycles. The van der Waals surface area contributed by atoms with Gasteiger partial charge in [0, 0.05) is 17.8 Å². The molecule has 0 radical (unpaired) electrons. The summed E-state index contributed by atoms with van der Waals surface area (Å²) < 4.78 is 41.7. The second-order valence-corrected chi connectivity index (χ2v) is 3.41. The minimum Gasteiger partial charge on any atom is -0.481 e. The van der Waals surface area contributed by atoms with Crippen LogP contribution >= 0.6 is 0 Å². The van der Waals surface area contributed by atoms with E-state index in [1.165, 1.54) is 7.11 Å². The fourth-order valence-corrected chi connectivity index (χ4v) is 1.19. The van der Waals surface area contributed by atoms with Crippen molar-refractivity contribution >= 4 is 0 Å². The standard InChI is InChI=1S/C9H12F3N3O/c1-5(13)3-6-4-14-8(9(10,11)12)15-7(6)16-2/h4-5H,3,13H2,1-2H3. The summed E-state index contributed by atoms with van der Waals surface area (Å²) in [7, 11) is 1.26. The number of nitrogens with zero attached hydrogens (tertiary/aromatic N) is 2. The van der Waals surface area contributed by atoms with Crippen molar-refractivity contribution in [3.63, 3.8) is 0 Å². The monoisotopic (exact) mass is 235 g/mol. The first-order chi connectivity index (χ1) is 7.34. The van der Waals surface area contributed by atoms with Gasteiger partial charge < -0.3 is 10.5 Å². The van der Waals surface area contributed by atoms with Crippen LogP contribution in [0.15, 0.2) is 6.20 Å². The highest BCUT2D eigenvalue weighted by Gasteiger charge is 2.35. The third-order valence-corrected chi connectivity index (χ3v) is 1.81. The van der Waals surface area contributed by atoms with Crippen molar-refractivity contribution in [2.45, 2.75) is 25.6 Å². The molecule has 2 N–H and O–H groups in total. The maximum absolute atomic E-state index is 12.3. The molecule has 0 aliphatic carbocycles. The number of rotatable bonds is 3. The molecule has 1 unspecified atom stereocenters. The van der Waals surface area contributed by atoms with Gasteiger partial charge in [0.15, 0.2) is 0 Å². The lowest BCUT2D eigenvalue weighted by Gasteiger charge is -2.11. The third-order valence-electron chi connectivity index (χ3n) is 1.81. The molecule has 1 heterocycles. The van der Waals surface area contributed by atoms with Gasteiger partial charge in [-0.1, -0.05) is 0 Å². The van der Waals surface area contributed by atoms with E-state index in [1.54, 1.807) is 6.92 Å². The number of methoxy groups -OCH3 is 1. The van der Waals surface area contributed by atoms with Gasteiger partial charge in [0.25, 0.3) is 0 Å². The number of hydrogen-bond donors (Lipinski definition) is 1. The first-order valence-corrected chi connectivity index (χ1v) is 4.57. The van der Waals surface area contributed by atoms with Crippen LogP contribution in [-0.4, -0.2) is 23.1 Å². The van der Waals surface area contributed by atoms with E-state index in [0.29, 0.717) is 12.0 Å². The number of halogens is 3. The third kappa shape index (κ3) is 3.06. The average Bonchev–Trinajstić information content (AvgIpc) is 2.15. The predicted molar refractivity (Wildman–Crippen MR) is 50.9 cm³/mol. The molecule has 0 saturated carbocycles. The van der Waals surface area contributed by atoms with Crippen molar-refractivity contribution in [2.75, 3.05) is 7.11 Å². The van der Waals surface area contributed by atoms with Crippen LogP contribution in [0.2, 0.25) is 0 Å². The van der Waals surface area contributed by atoms with Crippen molar-refractivity contribution in [2.24, 2.45) is 5.73 Å². The van der Waals surface area contributed by atoms with Crippen LogP contribution in [0, 0.1) is 0 Å². The molecule has 0 bridgehead atoms. The molecule has 0 spiro atoms. The lowest BCUT2D eigenvalue weighted by molar-refractivity contribution is -0.145. The fourth-order valence-electron chi connectivity index (χ4n) is 1.19. The van der Waals surface area contributed by atoms with E-state index < -0.39 is 12.0 Å². The normalized spacial score (nSPS) is 13.6. The van der Waals surface area contributed by atoms with Gasteiger partial charge in [0.05, 0.1) is 7.11 Å². The van der Waals surface area contributed by atoms with Crippen molar-refractivity contribution in [3.05, 3.63) is 17.6 Å². The lowest BCUT2D eigenvalue weighted by atomic mass is 10.1. The molecule has 90 valence electrons. The van der Waals surface area contributed by atoms with Crippen molar-refractivity contribution in [1.82, 2.24) is 9.97 Å². The minimum absolute atomic E-state index is 0.0837. The molecular formula is C9H12F3N3O. The SMILES string of the molecule is COc1nc(C(F)(F)F)ncc1CC(C)N. The summed E-state index contributed by atoms with van der Waals surface area (Å²) in [6.45, 7) is 1.73. The number of alkyl halides is 3.